The highest BCUT2D eigenvalue weighted by Crippen LogP contribution is 2.30. The van der Waals surface area contributed by atoms with Gasteiger partial charge in [-0.1, -0.05) is 70.6 Å². The number of nitrogens with one attached hydrogen (secondary N) is 1. The average molecular weight is 428 g/mol. The quantitative estimate of drug-likeness (QED) is 0.418. The lowest BCUT2D eigenvalue weighted by Gasteiger charge is -2.07. The number of benzene rings is 2. The Hall–Kier alpha value is -1.38. The number of aromatic nitrogens is 2. The third-order valence-electron chi connectivity index (χ3n) is 3.08. The van der Waals surface area contributed by atoms with Gasteiger partial charge < -0.3 is 5.32 Å². The molecule has 1 aromatic heterocycles. The highest BCUT2D eigenvalue weighted by Gasteiger charge is 2.11. The molecule has 0 aliphatic rings. The lowest BCUT2D eigenvalue weighted by Crippen LogP contribution is -2.14. The number of halogens is 2. The molecule has 1 heterocycles. The molecule has 0 unspecified atom stereocenters. The molecule has 0 aliphatic heterocycles. The predicted molar refractivity (Wildman–Crippen MR) is 108 cm³/mol. The van der Waals surface area contributed by atoms with Crippen LogP contribution in [-0.4, -0.2) is 21.4 Å². The molecular formula is C16H11Cl2N3OS3. The molecule has 0 bridgehead atoms. The van der Waals surface area contributed by atoms with E-state index in [2.05, 4.69) is 10.4 Å². The molecule has 25 heavy (non-hydrogen) atoms. The number of carbonyl (C=O) groups excluding carboxylic acids is 1. The van der Waals surface area contributed by atoms with E-state index in [1.807, 2.05) is 30.3 Å². The van der Waals surface area contributed by atoms with Crippen molar-refractivity contribution in [2.75, 3.05) is 11.1 Å². The number of thioether (sulfide) groups is 1. The first-order valence-electron chi connectivity index (χ1n) is 7.07. The van der Waals surface area contributed by atoms with Crippen LogP contribution in [0.5, 0.6) is 0 Å². The molecule has 128 valence electrons. The van der Waals surface area contributed by atoms with Crippen molar-refractivity contribution < 1.29 is 4.79 Å². The highest BCUT2D eigenvalue weighted by atomic mass is 35.5. The lowest BCUT2D eigenvalue weighted by molar-refractivity contribution is -0.113. The molecule has 0 aliphatic carbocycles. The van der Waals surface area contributed by atoms with Crippen molar-refractivity contribution in [3.8, 4) is 5.69 Å². The summed E-state index contributed by atoms with van der Waals surface area (Å²) < 4.78 is 3.04. The summed E-state index contributed by atoms with van der Waals surface area (Å²) in [6.45, 7) is 0. The fourth-order valence-electron chi connectivity index (χ4n) is 1.97. The molecule has 0 fully saturated rings. The second-order valence-electron chi connectivity index (χ2n) is 4.82. The van der Waals surface area contributed by atoms with Gasteiger partial charge in [0.15, 0.2) is 8.29 Å². The van der Waals surface area contributed by atoms with E-state index in [-0.39, 0.29) is 11.7 Å². The number of anilines is 1. The Morgan fingerprint density at radius 2 is 1.96 bits per heavy atom. The third-order valence-corrected chi connectivity index (χ3v) is 6.27. The van der Waals surface area contributed by atoms with Gasteiger partial charge in [-0.25, -0.2) is 4.68 Å². The van der Waals surface area contributed by atoms with Crippen molar-refractivity contribution in [3.05, 3.63) is 62.5 Å². The first-order valence-corrected chi connectivity index (χ1v) is 10.0. The summed E-state index contributed by atoms with van der Waals surface area (Å²) in [7, 11) is 0. The molecule has 1 N–H and O–H groups in total. The van der Waals surface area contributed by atoms with Crippen molar-refractivity contribution in [2.45, 2.75) is 4.34 Å². The number of rotatable bonds is 5. The van der Waals surface area contributed by atoms with E-state index in [4.69, 9.17) is 35.4 Å². The Morgan fingerprint density at radius 3 is 2.72 bits per heavy atom. The molecule has 3 aromatic rings. The molecule has 3 rings (SSSR count). The highest BCUT2D eigenvalue weighted by molar-refractivity contribution is 8.01. The van der Waals surface area contributed by atoms with Gasteiger partial charge >= 0.3 is 0 Å². The van der Waals surface area contributed by atoms with Gasteiger partial charge in [0.2, 0.25) is 5.91 Å². The maximum Gasteiger partial charge on any atom is 0.234 e. The van der Waals surface area contributed by atoms with Crippen LogP contribution in [0.15, 0.2) is 52.9 Å². The van der Waals surface area contributed by atoms with E-state index in [9.17, 15) is 4.79 Å². The minimum Gasteiger partial charge on any atom is -0.324 e. The average Bonchev–Trinajstić information content (AvgIpc) is 2.99. The van der Waals surface area contributed by atoms with Gasteiger partial charge in [-0.05, 0) is 36.5 Å². The van der Waals surface area contributed by atoms with Gasteiger partial charge in [0.1, 0.15) is 0 Å². The first-order chi connectivity index (χ1) is 12.0. The normalized spacial score (nSPS) is 10.6. The van der Waals surface area contributed by atoms with Crippen LogP contribution in [0.3, 0.4) is 0 Å². The summed E-state index contributed by atoms with van der Waals surface area (Å²) in [6, 6.07) is 14.7. The standard InChI is InChI=1S/C16H11Cl2N3OS3/c17-11-7-4-8-12(14(11)18)19-13(22)9-24-15-20-21(16(23)25-15)10-5-2-1-3-6-10/h1-8H,9H2,(H,19,22). The van der Waals surface area contributed by atoms with E-state index in [1.54, 1.807) is 22.9 Å². The smallest absolute Gasteiger partial charge is 0.234 e. The van der Waals surface area contributed by atoms with Crippen molar-refractivity contribution in [1.82, 2.24) is 9.78 Å². The van der Waals surface area contributed by atoms with Crippen LogP contribution in [0.2, 0.25) is 10.0 Å². The van der Waals surface area contributed by atoms with Crippen LogP contribution < -0.4 is 5.32 Å². The summed E-state index contributed by atoms with van der Waals surface area (Å²) in [6.07, 6.45) is 0. The van der Waals surface area contributed by atoms with Crippen molar-refractivity contribution in [2.24, 2.45) is 0 Å². The monoisotopic (exact) mass is 427 g/mol. The first kappa shape index (κ1) is 18.4. The minimum atomic E-state index is -0.193. The zero-order valence-electron chi connectivity index (χ0n) is 12.6. The van der Waals surface area contributed by atoms with Crippen LogP contribution in [0.4, 0.5) is 5.69 Å². The Morgan fingerprint density at radius 1 is 1.20 bits per heavy atom. The summed E-state index contributed by atoms with van der Waals surface area (Å²) in [5.74, 6) is 0.00135. The summed E-state index contributed by atoms with van der Waals surface area (Å²) >= 11 is 20.0. The fraction of sp³-hybridized carbons (Fsp3) is 0.0625. The van der Waals surface area contributed by atoms with E-state index >= 15 is 0 Å². The molecule has 9 heteroatoms. The third kappa shape index (κ3) is 4.62. The summed E-state index contributed by atoms with van der Waals surface area (Å²) in [5.41, 5.74) is 1.38. The zero-order chi connectivity index (χ0) is 17.8. The predicted octanol–water partition coefficient (Wildman–Crippen LogP) is 5.70. The Balaban J connectivity index is 1.65. The molecule has 0 radical (unpaired) electrons. The Labute approximate surface area is 167 Å². The van der Waals surface area contributed by atoms with Gasteiger partial charge in [-0.2, -0.15) is 0 Å². The number of amides is 1. The van der Waals surface area contributed by atoms with Crippen LogP contribution in [0, 0.1) is 3.95 Å². The lowest BCUT2D eigenvalue weighted by atomic mass is 10.3. The van der Waals surface area contributed by atoms with Gasteiger partial charge in [0, 0.05) is 0 Å². The van der Waals surface area contributed by atoms with Crippen molar-refractivity contribution >= 4 is 70.1 Å². The van der Waals surface area contributed by atoms with E-state index in [1.165, 1.54) is 23.1 Å². The van der Waals surface area contributed by atoms with Crippen LogP contribution in [0.1, 0.15) is 0 Å². The fourth-order valence-corrected chi connectivity index (χ4v) is 4.47. The van der Waals surface area contributed by atoms with E-state index in [0.29, 0.717) is 19.7 Å². The summed E-state index contributed by atoms with van der Waals surface area (Å²) in [5, 5.41) is 7.92. The second kappa shape index (κ2) is 8.33. The largest absolute Gasteiger partial charge is 0.324 e. The minimum absolute atomic E-state index is 0.193. The Kier molecular flexibility index (Phi) is 6.14. The number of nitrogens with zero attached hydrogens (tertiary/aromatic N) is 2. The van der Waals surface area contributed by atoms with Crippen molar-refractivity contribution in [1.29, 1.82) is 0 Å². The van der Waals surface area contributed by atoms with Gasteiger partial charge in [-0.15, -0.1) is 5.10 Å². The van der Waals surface area contributed by atoms with Crippen LogP contribution in [-0.2, 0) is 4.79 Å². The maximum absolute atomic E-state index is 12.1. The topological polar surface area (TPSA) is 46.9 Å². The van der Waals surface area contributed by atoms with Crippen molar-refractivity contribution in [3.63, 3.8) is 0 Å². The number of para-hydroxylation sites is 1. The second-order valence-corrected chi connectivity index (χ2v) is 8.45. The molecular weight excluding hydrogens is 417 g/mol. The zero-order valence-corrected chi connectivity index (χ0v) is 16.6. The SMILES string of the molecule is O=C(CSc1nn(-c2ccccc2)c(=S)s1)Nc1cccc(Cl)c1Cl. The maximum atomic E-state index is 12.1. The Bertz CT molecular complexity index is 957. The molecule has 1 amide bonds. The molecule has 2 aromatic carbocycles. The van der Waals surface area contributed by atoms with Crippen LogP contribution in [0.25, 0.3) is 5.69 Å². The van der Waals surface area contributed by atoms with Gasteiger partial charge in [0.05, 0.1) is 27.2 Å². The molecule has 0 spiro atoms. The molecule has 4 nitrogen and oxygen atoms in total. The van der Waals surface area contributed by atoms with E-state index in [0.717, 1.165) is 10.0 Å². The number of hydrogen-bond acceptors (Lipinski definition) is 5. The van der Waals surface area contributed by atoms with Gasteiger partial charge in [0.25, 0.3) is 0 Å². The number of carbonyl (C=O) groups is 1. The van der Waals surface area contributed by atoms with E-state index < -0.39 is 0 Å². The number of hydrogen-bond donors (Lipinski definition) is 1. The molecule has 0 atom stereocenters. The van der Waals surface area contributed by atoms with Crippen LogP contribution >= 0.6 is 58.5 Å². The molecule has 0 saturated heterocycles. The summed E-state index contributed by atoms with van der Waals surface area (Å²) in [4.78, 5) is 12.1. The molecule has 0 saturated carbocycles. The van der Waals surface area contributed by atoms with Gasteiger partial charge in [-0.3, -0.25) is 4.79 Å².